The fourth-order valence-corrected chi connectivity index (χ4v) is 3.42. The van der Waals surface area contributed by atoms with Gasteiger partial charge in [0.1, 0.15) is 0 Å². The number of thioether (sulfide) groups is 1. The fraction of sp³-hybridized carbons (Fsp3) is 0.417. The summed E-state index contributed by atoms with van der Waals surface area (Å²) in [6.07, 6.45) is 4.54. The van der Waals surface area contributed by atoms with Gasteiger partial charge in [-0.3, -0.25) is 0 Å². The van der Waals surface area contributed by atoms with Gasteiger partial charge in [-0.15, -0.1) is 0 Å². The van der Waals surface area contributed by atoms with Crippen LogP contribution in [-0.2, 0) is 0 Å². The third-order valence-electron chi connectivity index (χ3n) is 3.13. The number of imidazole rings is 1. The van der Waals surface area contributed by atoms with Gasteiger partial charge < -0.3 is 10.3 Å². The number of hydrogen-bond acceptors (Lipinski definition) is 3. The molecular formula is C12H15N3S. The Morgan fingerprint density at radius 1 is 1.44 bits per heavy atom. The van der Waals surface area contributed by atoms with Crippen molar-refractivity contribution in [3.05, 3.63) is 24.5 Å². The van der Waals surface area contributed by atoms with Gasteiger partial charge in [-0.25, -0.2) is 4.98 Å². The summed E-state index contributed by atoms with van der Waals surface area (Å²) in [6.45, 7) is 0. The summed E-state index contributed by atoms with van der Waals surface area (Å²) in [4.78, 5) is 4.43. The van der Waals surface area contributed by atoms with Crippen LogP contribution in [-0.4, -0.2) is 21.1 Å². The molecule has 1 unspecified atom stereocenters. The summed E-state index contributed by atoms with van der Waals surface area (Å²) < 4.78 is 2.31. The zero-order valence-electron chi connectivity index (χ0n) is 9.10. The first-order chi connectivity index (χ1) is 7.84. The largest absolute Gasteiger partial charge is 0.399 e. The number of benzene rings is 1. The maximum Gasteiger partial charge on any atom is 0.0961 e. The van der Waals surface area contributed by atoms with E-state index in [-0.39, 0.29) is 0 Å². The molecule has 1 fully saturated rings. The first-order valence-corrected chi connectivity index (χ1v) is 6.80. The van der Waals surface area contributed by atoms with Crippen LogP contribution in [0.25, 0.3) is 11.0 Å². The number of nitrogen functional groups attached to an aromatic ring is 1. The molecule has 0 spiro atoms. The number of aromatic nitrogens is 2. The molecule has 1 atom stereocenters. The number of fused-ring (bicyclic) bond motifs is 1. The summed E-state index contributed by atoms with van der Waals surface area (Å²) in [6, 6.07) is 6.59. The summed E-state index contributed by atoms with van der Waals surface area (Å²) in [5.41, 5.74) is 8.77. The van der Waals surface area contributed by atoms with Crippen molar-refractivity contribution in [1.82, 2.24) is 9.55 Å². The zero-order valence-corrected chi connectivity index (χ0v) is 9.91. The Morgan fingerprint density at radius 2 is 2.38 bits per heavy atom. The van der Waals surface area contributed by atoms with Gasteiger partial charge in [-0.05, 0) is 36.8 Å². The molecule has 84 valence electrons. The third kappa shape index (κ3) is 1.67. The van der Waals surface area contributed by atoms with Crippen LogP contribution in [0.15, 0.2) is 24.5 Å². The van der Waals surface area contributed by atoms with Crippen LogP contribution in [0.2, 0.25) is 0 Å². The number of anilines is 1. The molecule has 1 saturated heterocycles. The zero-order chi connectivity index (χ0) is 11.0. The predicted octanol–water partition coefficient (Wildman–Crippen LogP) is 2.69. The van der Waals surface area contributed by atoms with Gasteiger partial charge in [0.15, 0.2) is 0 Å². The van der Waals surface area contributed by atoms with Gasteiger partial charge >= 0.3 is 0 Å². The topological polar surface area (TPSA) is 43.8 Å². The molecule has 0 saturated carbocycles. The maximum atomic E-state index is 5.76. The van der Waals surface area contributed by atoms with Crippen LogP contribution in [0.5, 0.6) is 0 Å². The van der Waals surface area contributed by atoms with Crippen LogP contribution in [0.3, 0.4) is 0 Å². The molecule has 1 aromatic carbocycles. The van der Waals surface area contributed by atoms with E-state index in [1.54, 1.807) is 0 Å². The Bertz CT molecular complexity index is 500. The summed E-state index contributed by atoms with van der Waals surface area (Å²) in [5.74, 6) is 2.51. The molecule has 1 aliphatic rings. The number of rotatable bonds is 1. The third-order valence-corrected chi connectivity index (χ3v) is 4.33. The van der Waals surface area contributed by atoms with Crippen molar-refractivity contribution in [2.45, 2.75) is 18.9 Å². The van der Waals surface area contributed by atoms with Gasteiger partial charge in [0.05, 0.1) is 17.4 Å². The van der Waals surface area contributed by atoms with Crippen molar-refractivity contribution in [3.8, 4) is 0 Å². The molecule has 0 bridgehead atoms. The van der Waals surface area contributed by atoms with Gasteiger partial charge in [0.2, 0.25) is 0 Å². The van der Waals surface area contributed by atoms with Gasteiger partial charge in [-0.1, -0.05) is 0 Å². The lowest BCUT2D eigenvalue weighted by Crippen LogP contribution is -2.15. The minimum absolute atomic E-state index is 0.604. The average Bonchev–Trinajstić information content (AvgIpc) is 2.73. The van der Waals surface area contributed by atoms with E-state index in [0.717, 1.165) is 11.2 Å². The molecular weight excluding hydrogens is 218 g/mol. The van der Waals surface area contributed by atoms with Crippen LogP contribution in [0.1, 0.15) is 18.9 Å². The van der Waals surface area contributed by atoms with Crippen molar-refractivity contribution in [2.75, 3.05) is 17.2 Å². The van der Waals surface area contributed by atoms with E-state index < -0.39 is 0 Å². The van der Waals surface area contributed by atoms with Crippen LogP contribution >= 0.6 is 11.8 Å². The molecule has 0 amide bonds. The summed E-state index contributed by atoms with van der Waals surface area (Å²) >= 11 is 2.04. The minimum Gasteiger partial charge on any atom is -0.399 e. The van der Waals surface area contributed by atoms with Crippen molar-refractivity contribution in [2.24, 2.45) is 0 Å². The molecule has 1 aromatic heterocycles. The second-order valence-electron chi connectivity index (χ2n) is 4.27. The minimum atomic E-state index is 0.604. The quantitative estimate of drug-likeness (QED) is 0.770. The monoisotopic (exact) mass is 233 g/mol. The average molecular weight is 233 g/mol. The lowest BCUT2D eigenvalue weighted by atomic mass is 10.1. The van der Waals surface area contributed by atoms with Crippen molar-refractivity contribution in [3.63, 3.8) is 0 Å². The van der Waals surface area contributed by atoms with Crippen LogP contribution in [0, 0.1) is 0 Å². The van der Waals surface area contributed by atoms with E-state index in [1.165, 1.54) is 29.9 Å². The normalized spacial score (nSPS) is 21.4. The lowest BCUT2D eigenvalue weighted by Gasteiger charge is -2.23. The van der Waals surface area contributed by atoms with Crippen molar-refractivity contribution >= 4 is 28.5 Å². The SMILES string of the molecule is Nc1ccc2c(c1)ncn2C1CCCSC1. The van der Waals surface area contributed by atoms with E-state index in [1.807, 2.05) is 30.2 Å². The highest BCUT2D eigenvalue weighted by atomic mass is 32.2. The maximum absolute atomic E-state index is 5.76. The molecule has 2 aromatic rings. The van der Waals surface area contributed by atoms with E-state index in [4.69, 9.17) is 5.73 Å². The molecule has 0 radical (unpaired) electrons. The summed E-state index contributed by atoms with van der Waals surface area (Å²) in [7, 11) is 0. The molecule has 3 nitrogen and oxygen atoms in total. The molecule has 0 aliphatic carbocycles. The molecule has 2 N–H and O–H groups in total. The fourth-order valence-electron chi connectivity index (χ4n) is 2.28. The predicted molar refractivity (Wildman–Crippen MR) is 69.7 cm³/mol. The molecule has 16 heavy (non-hydrogen) atoms. The van der Waals surface area contributed by atoms with E-state index >= 15 is 0 Å². The first-order valence-electron chi connectivity index (χ1n) is 5.64. The second-order valence-corrected chi connectivity index (χ2v) is 5.42. The smallest absolute Gasteiger partial charge is 0.0961 e. The Hall–Kier alpha value is -1.16. The molecule has 4 heteroatoms. The van der Waals surface area contributed by atoms with Crippen molar-refractivity contribution in [1.29, 1.82) is 0 Å². The van der Waals surface area contributed by atoms with E-state index in [2.05, 4.69) is 15.6 Å². The standard InChI is InChI=1S/C12H15N3S/c13-9-3-4-12-11(6-9)14-8-15(12)10-2-1-5-16-7-10/h3-4,6,8,10H,1-2,5,7,13H2. The Balaban J connectivity index is 2.03. The van der Waals surface area contributed by atoms with Crippen LogP contribution < -0.4 is 5.73 Å². The van der Waals surface area contributed by atoms with E-state index in [9.17, 15) is 0 Å². The second kappa shape index (κ2) is 4.01. The summed E-state index contributed by atoms with van der Waals surface area (Å²) in [5, 5.41) is 0. The van der Waals surface area contributed by atoms with Gasteiger partial charge in [-0.2, -0.15) is 11.8 Å². The highest BCUT2D eigenvalue weighted by Gasteiger charge is 2.17. The molecule has 2 heterocycles. The molecule has 1 aliphatic heterocycles. The van der Waals surface area contributed by atoms with E-state index in [0.29, 0.717) is 6.04 Å². The number of hydrogen-bond donors (Lipinski definition) is 1. The molecule has 3 rings (SSSR count). The lowest BCUT2D eigenvalue weighted by molar-refractivity contribution is 0.511. The Labute approximate surface area is 99.0 Å². The highest BCUT2D eigenvalue weighted by molar-refractivity contribution is 7.99. The van der Waals surface area contributed by atoms with Gasteiger partial charge in [0, 0.05) is 17.5 Å². The number of nitrogens with zero attached hydrogens (tertiary/aromatic N) is 2. The first kappa shape index (κ1) is 10.0. The van der Waals surface area contributed by atoms with Crippen LogP contribution in [0.4, 0.5) is 5.69 Å². The van der Waals surface area contributed by atoms with Crippen molar-refractivity contribution < 1.29 is 0 Å². The van der Waals surface area contributed by atoms with Gasteiger partial charge in [0.25, 0.3) is 0 Å². The highest BCUT2D eigenvalue weighted by Crippen LogP contribution is 2.29. The number of nitrogens with two attached hydrogens (primary N) is 1. The Morgan fingerprint density at radius 3 is 3.19 bits per heavy atom. The Kier molecular flexibility index (Phi) is 2.52.